The first-order chi connectivity index (χ1) is 14.7. The van der Waals surface area contributed by atoms with Crippen LogP contribution in [0.25, 0.3) is 10.9 Å². The number of fused-ring (bicyclic) bond motifs is 3. The van der Waals surface area contributed by atoms with Gasteiger partial charge in [-0.05, 0) is 36.8 Å². The Morgan fingerprint density at radius 3 is 2.61 bits per heavy atom. The molecule has 0 fully saturated rings. The molecule has 1 atom stereocenters. The lowest BCUT2D eigenvalue weighted by atomic mass is 9.81. The summed E-state index contributed by atoms with van der Waals surface area (Å²) in [6.07, 6.45) is 0. The number of halogens is 2. The van der Waals surface area contributed by atoms with Crippen molar-refractivity contribution in [3.8, 4) is 0 Å². The van der Waals surface area contributed by atoms with Crippen LogP contribution in [0.4, 0.5) is 8.78 Å². The van der Waals surface area contributed by atoms with Gasteiger partial charge >= 0.3 is 5.97 Å². The normalized spacial score (nSPS) is 17.8. The van der Waals surface area contributed by atoms with Crippen LogP contribution in [0, 0.1) is 11.6 Å². The Morgan fingerprint density at radius 2 is 1.90 bits per heavy atom. The molecule has 0 aliphatic carbocycles. The second-order valence-corrected chi connectivity index (χ2v) is 8.46. The molecule has 1 aliphatic heterocycles. The molecule has 0 spiro atoms. The van der Waals surface area contributed by atoms with Crippen molar-refractivity contribution in [3.63, 3.8) is 0 Å². The number of esters is 1. The van der Waals surface area contributed by atoms with Gasteiger partial charge < -0.3 is 14.6 Å². The summed E-state index contributed by atoms with van der Waals surface area (Å²) in [5, 5.41) is 0.985. The van der Waals surface area contributed by atoms with Gasteiger partial charge in [0.25, 0.3) is 5.91 Å². The van der Waals surface area contributed by atoms with Crippen LogP contribution in [0.5, 0.6) is 0 Å². The van der Waals surface area contributed by atoms with Crippen molar-refractivity contribution >= 4 is 22.8 Å². The van der Waals surface area contributed by atoms with Crippen molar-refractivity contribution in [3.05, 3.63) is 70.9 Å². The molecule has 2 heterocycles. The van der Waals surface area contributed by atoms with Crippen molar-refractivity contribution < 1.29 is 23.1 Å². The highest BCUT2D eigenvalue weighted by Crippen LogP contribution is 2.41. The number of para-hydroxylation sites is 1. The van der Waals surface area contributed by atoms with Gasteiger partial charge in [0, 0.05) is 40.7 Å². The fourth-order valence-electron chi connectivity index (χ4n) is 4.49. The van der Waals surface area contributed by atoms with Crippen molar-refractivity contribution in [1.29, 1.82) is 0 Å². The van der Waals surface area contributed by atoms with Gasteiger partial charge in [-0.3, -0.25) is 9.59 Å². The molecule has 3 aromatic rings. The number of rotatable bonds is 3. The number of carbonyl (C=O) groups excluding carboxylic acids is 2. The Morgan fingerprint density at radius 1 is 1.16 bits per heavy atom. The molecular weight excluding hydrogens is 402 g/mol. The molecule has 1 amide bonds. The second kappa shape index (κ2) is 7.80. The third-order valence-electron chi connectivity index (χ3n) is 5.77. The third-order valence-corrected chi connectivity index (χ3v) is 5.77. The van der Waals surface area contributed by atoms with Gasteiger partial charge in [0.2, 0.25) is 0 Å². The molecule has 1 aromatic heterocycles. The van der Waals surface area contributed by atoms with Crippen molar-refractivity contribution in [1.82, 2.24) is 9.88 Å². The van der Waals surface area contributed by atoms with E-state index in [0.717, 1.165) is 34.3 Å². The number of nitrogens with one attached hydrogen (secondary N) is 1. The van der Waals surface area contributed by atoms with Gasteiger partial charge in [-0.2, -0.15) is 0 Å². The van der Waals surface area contributed by atoms with Gasteiger partial charge in [0.05, 0.1) is 6.61 Å². The Balaban J connectivity index is 1.82. The number of hydrogen-bond acceptors (Lipinski definition) is 3. The highest BCUT2D eigenvalue weighted by atomic mass is 19.2. The van der Waals surface area contributed by atoms with Crippen LogP contribution in [0.1, 0.15) is 48.3 Å². The summed E-state index contributed by atoms with van der Waals surface area (Å²) >= 11 is 0. The average Bonchev–Trinajstić information content (AvgIpc) is 3.07. The zero-order valence-electron chi connectivity index (χ0n) is 17.7. The summed E-state index contributed by atoms with van der Waals surface area (Å²) in [4.78, 5) is 31.0. The smallest absolute Gasteiger partial charge is 0.316 e. The number of nitrogens with zero attached hydrogens (tertiary/aromatic N) is 1. The number of aromatic nitrogens is 1. The molecule has 5 nitrogen and oxygen atoms in total. The monoisotopic (exact) mass is 426 g/mol. The highest BCUT2D eigenvalue weighted by molar-refractivity contribution is 5.96. The first-order valence-electron chi connectivity index (χ1n) is 10.2. The largest absolute Gasteiger partial charge is 0.465 e. The van der Waals surface area contributed by atoms with Crippen LogP contribution in [0.3, 0.4) is 0 Å². The van der Waals surface area contributed by atoms with Crippen LogP contribution in [0.15, 0.2) is 42.5 Å². The van der Waals surface area contributed by atoms with Crippen molar-refractivity contribution in [2.75, 3.05) is 19.7 Å². The fourth-order valence-corrected chi connectivity index (χ4v) is 4.49. The minimum absolute atomic E-state index is 0.0349. The van der Waals surface area contributed by atoms with Crippen molar-refractivity contribution in [2.45, 2.75) is 32.1 Å². The molecule has 0 radical (unpaired) electrons. The summed E-state index contributed by atoms with van der Waals surface area (Å²) in [5.41, 5.74) is 2.12. The molecule has 31 heavy (non-hydrogen) atoms. The molecule has 1 N–H and O–H groups in total. The molecule has 0 saturated heterocycles. The van der Waals surface area contributed by atoms with E-state index in [0.29, 0.717) is 6.54 Å². The summed E-state index contributed by atoms with van der Waals surface area (Å²) in [7, 11) is 0. The fraction of sp³-hybridized carbons (Fsp3) is 0.333. The van der Waals surface area contributed by atoms with Gasteiger partial charge in [-0.1, -0.05) is 32.0 Å². The van der Waals surface area contributed by atoms with E-state index < -0.39 is 34.8 Å². The maximum Gasteiger partial charge on any atom is 0.316 e. The summed E-state index contributed by atoms with van der Waals surface area (Å²) < 4.78 is 32.4. The Bertz CT molecular complexity index is 1170. The number of amides is 1. The number of H-pyrrole nitrogens is 1. The van der Waals surface area contributed by atoms with E-state index in [1.54, 1.807) is 6.92 Å². The van der Waals surface area contributed by atoms with E-state index in [1.807, 2.05) is 38.1 Å². The third kappa shape index (κ3) is 3.69. The SMILES string of the molecule is CCOC(=O)[C@H]1CN(C(=O)c2ccc(F)c(F)c2)CC(C)(C)c2c1[nH]c1ccccc21. The number of aromatic amines is 1. The first-order valence-corrected chi connectivity index (χ1v) is 10.2. The lowest BCUT2D eigenvalue weighted by Crippen LogP contribution is -2.41. The molecule has 2 aromatic carbocycles. The van der Waals surface area contributed by atoms with Crippen LogP contribution < -0.4 is 0 Å². The van der Waals surface area contributed by atoms with E-state index in [2.05, 4.69) is 4.98 Å². The molecule has 162 valence electrons. The molecule has 0 bridgehead atoms. The predicted molar refractivity (Wildman–Crippen MR) is 113 cm³/mol. The minimum Gasteiger partial charge on any atom is -0.465 e. The summed E-state index contributed by atoms with van der Waals surface area (Å²) in [6.45, 7) is 6.33. The van der Waals surface area contributed by atoms with Crippen LogP contribution in [-0.2, 0) is 14.9 Å². The van der Waals surface area contributed by atoms with Gasteiger partial charge in [-0.15, -0.1) is 0 Å². The number of hydrogen-bond donors (Lipinski definition) is 1. The zero-order chi connectivity index (χ0) is 22.3. The van der Waals surface area contributed by atoms with E-state index in [9.17, 15) is 18.4 Å². The Hall–Kier alpha value is -3.22. The minimum atomic E-state index is -1.09. The summed E-state index contributed by atoms with van der Waals surface area (Å²) in [6, 6.07) is 10.9. The molecule has 0 unspecified atom stereocenters. The topological polar surface area (TPSA) is 62.4 Å². The lowest BCUT2D eigenvalue weighted by molar-refractivity contribution is -0.145. The zero-order valence-corrected chi connectivity index (χ0v) is 17.7. The van der Waals surface area contributed by atoms with Gasteiger partial charge in [0.15, 0.2) is 11.6 Å². The lowest BCUT2D eigenvalue weighted by Gasteiger charge is -2.31. The number of ether oxygens (including phenoxy) is 1. The van der Waals surface area contributed by atoms with Crippen LogP contribution in [0.2, 0.25) is 0 Å². The van der Waals surface area contributed by atoms with Crippen LogP contribution in [-0.4, -0.2) is 41.5 Å². The number of benzene rings is 2. The van der Waals surface area contributed by atoms with E-state index in [-0.39, 0.29) is 18.7 Å². The Kier molecular flexibility index (Phi) is 5.29. The first kappa shape index (κ1) is 21.0. The van der Waals surface area contributed by atoms with Crippen LogP contribution >= 0.6 is 0 Å². The van der Waals surface area contributed by atoms with Crippen molar-refractivity contribution in [2.24, 2.45) is 0 Å². The number of carbonyl (C=O) groups is 2. The van der Waals surface area contributed by atoms with E-state index in [4.69, 9.17) is 4.74 Å². The maximum atomic E-state index is 13.8. The van der Waals surface area contributed by atoms with E-state index >= 15 is 0 Å². The second-order valence-electron chi connectivity index (χ2n) is 8.46. The Labute approximate surface area is 179 Å². The summed E-state index contributed by atoms with van der Waals surface area (Å²) in [5.74, 6) is -3.72. The van der Waals surface area contributed by atoms with E-state index in [1.165, 1.54) is 11.0 Å². The molecule has 7 heteroatoms. The van der Waals surface area contributed by atoms with Gasteiger partial charge in [0.1, 0.15) is 5.92 Å². The molecular formula is C24H24F2N2O3. The average molecular weight is 426 g/mol. The molecule has 0 saturated carbocycles. The standard InChI is InChI=1S/C24H24F2N2O3/c1-4-31-23(30)16-12-28(22(29)14-9-10-17(25)18(26)11-14)13-24(2,3)20-15-7-5-6-8-19(15)27-21(16)20/h5-11,16,27H,4,12-13H2,1-3H3/t16-/m0/s1. The molecule has 1 aliphatic rings. The highest BCUT2D eigenvalue weighted by Gasteiger charge is 2.41. The molecule has 4 rings (SSSR count). The quantitative estimate of drug-likeness (QED) is 0.626. The predicted octanol–water partition coefficient (Wildman–Crippen LogP) is 4.53. The van der Waals surface area contributed by atoms with Gasteiger partial charge in [-0.25, -0.2) is 8.78 Å². The maximum absolute atomic E-state index is 13.8.